The number of amides is 1. The van der Waals surface area contributed by atoms with Crippen LogP contribution in [0.25, 0.3) is 0 Å². The molecule has 0 fully saturated rings. The zero-order chi connectivity index (χ0) is 12.5. The Morgan fingerprint density at radius 2 is 1.94 bits per heavy atom. The largest absolute Gasteiger partial charge is 0.420 e. The molecule has 1 rings (SSSR count). The van der Waals surface area contributed by atoms with Gasteiger partial charge >= 0.3 is 6.18 Å². The highest BCUT2D eigenvalue weighted by atomic mass is 19.4. The van der Waals surface area contributed by atoms with E-state index >= 15 is 0 Å². The van der Waals surface area contributed by atoms with Crippen molar-refractivity contribution in [2.45, 2.75) is 6.18 Å². The molecule has 3 nitrogen and oxygen atoms in total. The molecule has 88 valence electrons. The maximum Gasteiger partial charge on any atom is 0.420 e. The molecular weight excluding hydrogens is 228 g/mol. The van der Waals surface area contributed by atoms with E-state index in [1.165, 1.54) is 0 Å². The summed E-state index contributed by atoms with van der Waals surface area (Å²) in [5.74, 6) is 2.42. The van der Waals surface area contributed by atoms with Crippen LogP contribution in [-0.4, -0.2) is 18.0 Å². The second-order valence-electron chi connectivity index (χ2n) is 3.08. The monoisotopic (exact) mass is 236 g/mol. The zero-order valence-corrected chi connectivity index (χ0v) is 8.18. The topological polar surface area (TPSA) is 46.3 Å². The summed E-state index contributed by atoms with van der Waals surface area (Å²) >= 11 is 0. The first kappa shape index (κ1) is 12.4. The average Bonchev–Trinajstić information content (AvgIpc) is 2.14. The van der Waals surface area contributed by atoms with Gasteiger partial charge in [0.25, 0.3) is 5.91 Å². The summed E-state index contributed by atoms with van der Waals surface area (Å²) < 4.78 is 50.5. The summed E-state index contributed by atoms with van der Waals surface area (Å²) in [7, 11) is 1.08. The van der Waals surface area contributed by atoms with Crippen LogP contribution in [0.2, 0.25) is 0 Å². The van der Waals surface area contributed by atoms with Gasteiger partial charge in [0.15, 0.2) is 0 Å². The Kier molecular flexibility index (Phi) is 3.18. The summed E-state index contributed by atoms with van der Waals surface area (Å²) in [6.45, 7) is 0. The van der Waals surface area contributed by atoms with Crippen molar-refractivity contribution in [1.29, 1.82) is 0 Å². The van der Waals surface area contributed by atoms with Gasteiger partial charge in [-0.05, 0) is 12.1 Å². The molecule has 0 unspecified atom stereocenters. The summed E-state index contributed by atoms with van der Waals surface area (Å²) in [4.78, 5) is 11.3. The lowest BCUT2D eigenvalue weighted by atomic mass is 10.1. The highest BCUT2D eigenvalue weighted by molar-refractivity contribution is 5.95. The van der Waals surface area contributed by atoms with Crippen LogP contribution in [-0.2, 0) is 6.18 Å². The molecule has 0 bridgehead atoms. The Hall–Kier alpha value is -1.63. The minimum Gasteiger partial charge on any atom is -0.280 e. The first-order valence-corrected chi connectivity index (χ1v) is 4.13. The fraction of sp³-hybridized carbons (Fsp3) is 0.222. The van der Waals surface area contributed by atoms with Crippen molar-refractivity contribution >= 4 is 5.91 Å². The molecule has 1 aromatic rings. The van der Waals surface area contributed by atoms with Crippen molar-refractivity contribution in [2.75, 3.05) is 7.05 Å². The third kappa shape index (κ3) is 2.30. The number of hydrogen-bond donors (Lipinski definition) is 1. The van der Waals surface area contributed by atoms with Gasteiger partial charge in [-0.25, -0.2) is 10.2 Å². The van der Waals surface area contributed by atoms with Crippen LogP contribution in [0.4, 0.5) is 17.6 Å². The Morgan fingerprint density at radius 1 is 1.38 bits per heavy atom. The van der Waals surface area contributed by atoms with E-state index in [1.807, 2.05) is 0 Å². The number of hydrazine groups is 1. The fourth-order valence-corrected chi connectivity index (χ4v) is 1.18. The fourth-order valence-electron chi connectivity index (χ4n) is 1.18. The van der Waals surface area contributed by atoms with E-state index in [1.54, 1.807) is 0 Å². The molecule has 0 aliphatic rings. The van der Waals surface area contributed by atoms with Crippen LogP contribution in [0.15, 0.2) is 18.2 Å². The molecule has 0 saturated carbocycles. The third-order valence-corrected chi connectivity index (χ3v) is 1.85. The predicted molar refractivity (Wildman–Crippen MR) is 47.7 cm³/mol. The van der Waals surface area contributed by atoms with E-state index in [-0.39, 0.29) is 0 Å². The number of nitrogens with zero attached hydrogens (tertiary/aromatic N) is 1. The Morgan fingerprint density at radius 3 is 2.38 bits per heavy atom. The van der Waals surface area contributed by atoms with Gasteiger partial charge in [0, 0.05) is 7.05 Å². The second-order valence-corrected chi connectivity index (χ2v) is 3.08. The minimum atomic E-state index is -4.94. The highest BCUT2D eigenvalue weighted by Gasteiger charge is 2.38. The van der Waals surface area contributed by atoms with E-state index in [0.717, 1.165) is 19.2 Å². The van der Waals surface area contributed by atoms with Gasteiger partial charge in [0.1, 0.15) is 11.4 Å². The molecule has 0 heterocycles. The SMILES string of the molecule is CN(N)C(=O)c1cccc(F)c1C(F)(F)F. The molecule has 0 aliphatic carbocycles. The molecule has 16 heavy (non-hydrogen) atoms. The zero-order valence-electron chi connectivity index (χ0n) is 8.18. The standard InChI is InChI=1S/C9H8F4N2O/c1-15(14)8(16)5-3-2-4-6(10)7(5)9(11,12)13/h2-4H,14H2,1H3. The number of rotatable bonds is 1. The molecule has 0 radical (unpaired) electrons. The normalized spacial score (nSPS) is 11.4. The van der Waals surface area contributed by atoms with Gasteiger partial charge in [0.05, 0.1) is 5.56 Å². The molecular formula is C9H8F4N2O. The number of carbonyl (C=O) groups excluding carboxylic acids is 1. The Labute approximate surface area is 88.4 Å². The Balaban J connectivity index is 3.41. The molecule has 2 N–H and O–H groups in total. The van der Waals surface area contributed by atoms with Gasteiger partial charge in [-0.3, -0.25) is 9.80 Å². The van der Waals surface area contributed by atoms with Crippen LogP contribution in [0.1, 0.15) is 15.9 Å². The number of halogens is 4. The van der Waals surface area contributed by atoms with Crippen molar-refractivity contribution in [3.05, 3.63) is 35.1 Å². The number of benzene rings is 1. The van der Waals surface area contributed by atoms with Crippen molar-refractivity contribution in [3.63, 3.8) is 0 Å². The molecule has 0 aromatic heterocycles. The maximum atomic E-state index is 13.0. The third-order valence-electron chi connectivity index (χ3n) is 1.85. The van der Waals surface area contributed by atoms with Crippen molar-refractivity contribution in [1.82, 2.24) is 5.01 Å². The van der Waals surface area contributed by atoms with E-state index in [9.17, 15) is 22.4 Å². The number of nitrogens with two attached hydrogens (primary N) is 1. The Bertz CT molecular complexity index is 414. The lowest BCUT2D eigenvalue weighted by molar-refractivity contribution is -0.140. The van der Waals surface area contributed by atoms with Crippen LogP contribution in [0.3, 0.4) is 0 Å². The van der Waals surface area contributed by atoms with Gasteiger partial charge in [0.2, 0.25) is 0 Å². The summed E-state index contributed by atoms with van der Waals surface area (Å²) in [5.41, 5.74) is -2.41. The van der Waals surface area contributed by atoms with Crippen molar-refractivity contribution in [2.24, 2.45) is 5.84 Å². The summed E-state index contributed by atoms with van der Waals surface area (Å²) in [6.07, 6.45) is -4.94. The lowest BCUT2D eigenvalue weighted by Gasteiger charge is -2.15. The van der Waals surface area contributed by atoms with Crippen LogP contribution in [0, 0.1) is 5.82 Å². The second kappa shape index (κ2) is 4.09. The van der Waals surface area contributed by atoms with Gasteiger partial charge < -0.3 is 0 Å². The molecule has 1 aromatic carbocycles. The summed E-state index contributed by atoms with van der Waals surface area (Å²) in [5, 5.41) is 0.462. The molecule has 0 aliphatic heterocycles. The first-order chi connectivity index (χ1) is 7.25. The van der Waals surface area contributed by atoms with E-state index in [0.29, 0.717) is 11.1 Å². The van der Waals surface area contributed by atoms with Gasteiger partial charge in [-0.1, -0.05) is 6.07 Å². The van der Waals surface area contributed by atoms with Gasteiger partial charge in [-0.15, -0.1) is 0 Å². The highest BCUT2D eigenvalue weighted by Crippen LogP contribution is 2.34. The molecule has 0 saturated heterocycles. The molecule has 7 heteroatoms. The first-order valence-electron chi connectivity index (χ1n) is 4.13. The number of alkyl halides is 3. The number of carbonyl (C=O) groups is 1. The lowest BCUT2D eigenvalue weighted by Crippen LogP contribution is -2.34. The van der Waals surface area contributed by atoms with Gasteiger partial charge in [-0.2, -0.15) is 13.2 Å². The molecule has 0 spiro atoms. The summed E-state index contributed by atoms with van der Waals surface area (Å²) in [6, 6.07) is 2.52. The van der Waals surface area contributed by atoms with Crippen molar-refractivity contribution in [3.8, 4) is 0 Å². The van der Waals surface area contributed by atoms with Crippen molar-refractivity contribution < 1.29 is 22.4 Å². The van der Waals surface area contributed by atoms with E-state index in [4.69, 9.17) is 5.84 Å². The maximum absolute atomic E-state index is 13.0. The van der Waals surface area contributed by atoms with Crippen LogP contribution in [0.5, 0.6) is 0 Å². The molecule has 1 amide bonds. The van der Waals surface area contributed by atoms with Crippen LogP contribution < -0.4 is 5.84 Å². The van der Waals surface area contributed by atoms with E-state index in [2.05, 4.69) is 0 Å². The predicted octanol–water partition coefficient (Wildman–Crippen LogP) is 1.79. The van der Waals surface area contributed by atoms with E-state index < -0.39 is 29.0 Å². The number of hydrogen-bond acceptors (Lipinski definition) is 2. The average molecular weight is 236 g/mol. The van der Waals surface area contributed by atoms with Crippen LogP contribution >= 0.6 is 0 Å². The minimum absolute atomic E-state index is 0.462. The smallest absolute Gasteiger partial charge is 0.280 e. The molecule has 0 atom stereocenters. The quantitative estimate of drug-likeness (QED) is 0.349.